The van der Waals surface area contributed by atoms with Gasteiger partial charge in [-0.3, -0.25) is 9.59 Å². The number of likely N-dealkylation sites (N-methyl/N-ethyl adjacent to an activating group) is 1. The molecule has 9 heteroatoms. The molecule has 0 fully saturated rings. The zero-order valence-corrected chi connectivity index (χ0v) is 10.2. The van der Waals surface area contributed by atoms with E-state index in [1.165, 1.54) is 17.6 Å². The van der Waals surface area contributed by atoms with Crippen molar-refractivity contribution in [2.24, 2.45) is 0 Å². The lowest BCUT2D eigenvalue weighted by Gasteiger charge is -2.21. The van der Waals surface area contributed by atoms with Crippen LogP contribution in [0.2, 0.25) is 0 Å². The maximum Gasteiger partial charge on any atom is 0.241 e. The van der Waals surface area contributed by atoms with Crippen molar-refractivity contribution < 1.29 is 14.4 Å². The van der Waals surface area contributed by atoms with Crippen molar-refractivity contribution >= 4 is 41.3 Å². The monoisotopic (exact) mass is 223 g/mol. The summed E-state index contributed by atoms with van der Waals surface area (Å²) in [6.45, 7) is 0.261. The van der Waals surface area contributed by atoms with Gasteiger partial charge in [0.25, 0.3) is 0 Å². The van der Waals surface area contributed by atoms with Crippen molar-refractivity contribution in [2.75, 3.05) is 26.7 Å². The first-order chi connectivity index (χ1) is 7.38. The molecule has 0 saturated carbocycles. The zero-order valence-electron chi connectivity index (χ0n) is 10.2. The zero-order chi connectivity index (χ0) is 12.7. The minimum atomic E-state index is -0.248. The Morgan fingerprint density at radius 1 is 1.19 bits per heavy atom. The topological polar surface area (TPSA) is 69.7 Å². The van der Waals surface area contributed by atoms with Crippen molar-refractivity contribution in [3.8, 4) is 0 Å². The number of hydrogen-bond acceptors (Lipinski definition) is 4. The van der Waals surface area contributed by atoms with Crippen LogP contribution in [0.1, 0.15) is 0 Å². The number of nitrogens with one attached hydrogen (secondary N) is 1. The summed E-state index contributed by atoms with van der Waals surface area (Å²) in [6, 6.07) is 0. The minimum Gasteiger partial charge on any atom is -0.384 e. The summed E-state index contributed by atoms with van der Waals surface area (Å²) in [6.07, 6.45) is 0. The number of amides is 2. The highest BCUT2D eigenvalue weighted by molar-refractivity contribution is 6.58. The van der Waals surface area contributed by atoms with E-state index in [1.54, 1.807) is 23.0 Å². The van der Waals surface area contributed by atoms with Crippen LogP contribution in [0, 0.1) is 0 Å². The lowest BCUT2D eigenvalue weighted by atomic mass is 10.0. The van der Waals surface area contributed by atoms with Gasteiger partial charge in [-0.15, -0.1) is 0 Å². The van der Waals surface area contributed by atoms with Gasteiger partial charge in [0.1, 0.15) is 5.68 Å². The summed E-state index contributed by atoms with van der Waals surface area (Å²) in [5.41, 5.74) is -0.0833. The lowest BCUT2D eigenvalue weighted by Crippen LogP contribution is -2.44. The average molecular weight is 223 g/mol. The molecule has 0 aliphatic heterocycles. The molecule has 1 N–H and O–H groups in total. The number of carbonyl (C=O) groups is 3. The fourth-order valence-corrected chi connectivity index (χ4v) is 1.12. The molecular weight excluding hydrogens is 207 g/mol. The van der Waals surface area contributed by atoms with Crippen molar-refractivity contribution in [1.82, 2.24) is 14.9 Å². The van der Waals surface area contributed by atoms with Crippen LogP contribution in [-0.2, 0) is 14.4 Å². The van der Waals surface area contributed by atoms with E-state index in [4.69, 9.17) is 0 Å². The molecule has 6 nitrogen and oxygen atoms in total. The summed E-state index contributed by atoms with van der Waals surface area (Å²) >= 11 is 0. The normalized spacial score (nSPS) is 9.56. The minimum absolute atomic E-state index is 0.00963. The molecule has 0 radical (unpaired) electrons. The first-order valence-electron chi connectivity index (χ1n) is 5.00. The van der Waals surface area contributed by atoms with E-state index in [2.05, 4.69) is 5.23 Å². The van der Waals surface area contributed by atoms with Crippen molar-refractivity contribution in [2.45, 2.75) is 0 Å². The van der Waals surface area contributed by atoms with Gasteiger partial charge >= 0.3 is 0 Å². The molecule has 2 amide bonds. The van der Waals surface area contributed by atoms with E-state index in [0.717, 1.165) is 0 Å². The van der Waals surface area contributed by atoms with Gasteiger partial charge in [-0.05, 0) is 0 Å². The highest BCUT2D eigenvalue weighted by Gasteiger charge is 2.15. The van der Waals surface area contributed by atoms with Crippen LogP contribution in [0.15, 0.2) is 0 Å². The molecule has 0 saturated heterocycles. The van der Waals surface area contributed by atoms with Crippen molar-refractivity contribution in [3.63, 3.8) is 0 Å². The summed E-state index contributed by atoms with van der Waals surface area (Å²) in [5.74, 6) is -0.408. The molecular formula is C7H16B3N3O3. The number of carbonyl (C=O) groups excluding carboxylic acids is 3. The molecule has 0 aliphatic rings. The second-order valence-electron chi connectivity index (χ2n) is 3.73. The molecule has 0 heterocycles. The third-order valence-corrected chi connectivity index (χ3v) is 2.01. The predicted molar refractivity (Wildman–Crippen MR) is 68.0 cm³/mol. The fourth-order valence-electron chi connectivity index (χ4n) is 1.12. The number of nitrogens with zero attached hydrogens (tertiary/aromatic N) is 2. The Kier molecular flexibility index (Phi) is 6.56. The van der Waals surface area contributed by atoms with E-state index in [9.17, 15) is 14.4 Å². The number of rotatable bonds is 6. The van der Waals surface area contributed by atoms with E-state index < -0.39 is 0 Å². The van der Waals surface area contributed by atoms with Crippen LogP contribution in [0.4, 0.5) is 0 Å². The third kappa shape index (κ3) is 5.60. The Morgan fingerprint density at radius 3 is 2.19 bits per heavy atom. The maximum absolute atomic E-state index is 11.6. The van der Waals surface area contributed by atoms with Gasteiger partial charge in [-0.25, -0.2) is 0 Å². The number of hydrogen-bond donors (Lipinski definition) is 1. The molecule has 0 atom stereocenters. The Bertz CT molecular complexity index is 287. The summed E-state index contributed by atoms with van der Waals surface area (Å²) in [7, 11) is 6.17. The van der Waals surface area contributed by atoms with Crippen LogP contribution >= 0.6 is 0 Å². The summed E-state index contributed by atoms with van der Waals surface area (Å²) in [4.78, 5) is 36.3. The van der Waals surface area contributed by atoms with E-state index in [0.29, 0.717) is 0 Å². The summed E-state index contributed by atoms with van der Waals surface area (Å²) in [5, 5.41) is 2.71. The van der Waals surface area contributed by atoms with Crippen LogP contribution in [0.5, 0.6) is 0 Å². The average Bonchev–Trinajstić information content (AvgIpc) is 2.16. The van der Waals surface area contributed by atoms with E-state index >= 15 is 0 Å². The Labute approximate surface area is 98.0 Å². The standard InChI is InChI=1S/C7H16B3N3O3/c1-12(3-5(8)14)7(16)4-13(10)6(15)2-11-9/h11H,2-4,8-10H2,1H3. The maximum atomic E-state index is 11.6. The van der Waals surface area contributed by atoms with Gasteiger partial charge < -0.3 is 19.7 Å². The van der Waals surface area contributed by atoms with Crippen LogP contribution < -0.4 is 5.23 Å². The molecule has 0 bridgehead atoms. The molecule has 0 aromatic carbocycles. The SMILES string of the molecule is BNCC(=O)N(B)CC(=O)N(C)CC(B)=O. The molecule has 0 rings (SSSR count). The van der Waals surface area contributed by atoms with Gasteiger partial charge in [-0.2, -0.15) is 0 Å². The summed E-state index contributed by atoms with van der Waals surface area (Å²) < 4.78 is 0. The van der Waals surface area contributed by atoms with Gasteiger partial charge in [0.2, 0.25) is 19.8 Å². The van der Waals surface area contributed by atoms with Crippen molar-refractivity contribution in [1.29, 1.82) is 0 Å². The second kappa shape index (κ2) is 7.11. The molecule has 86 valence electrons. The highest BCUT2D eigenvalue weighted by atomic mass is 16.2. The molecule has 0 spiro atoms. The van der Waals surface area contributed by atoms with Crippen LogP contribution in [-0.4, -0.2) is 77.7 Å². The first-order valence-corrected chi connectivity index (χ1v) is 5.00. The van der Waals surface area contributed by atoms with Gasteiger partial charge in [-0.1, -0.05) is 0 Å². The molecule has 0 aromatic rings. The van der Waals surface area contributed by atoms with Crippen LogP contribution in [0.3, 0.4) is 0 Å². The van der Waals surface area contributed by atoms with E-state index in [1.807, 2.05) is 0 Å². The Morgan fingerprint density at radius 2 is 1.75 bits per heavy atom. The smallest absolute Gasteiger partial charge is 0.241 e. The van der Waals surface area contributed by atoms with Crippen molar-refractivity contribution in [3.05, 3.63) is 0 Å². The molecule has 0 aliphatic carbocycles. The predicted octanol–water partition coefficient (Wildman–Crippen LogP) is -4.88. The molecule has 0 unspecified atom stereocenters. The quantitative estimate of drug-likeness (QED) is 0.458. The largest absolute Gasteiger partial charge is 0.384 e. The first kappa shape index (κ1) is 14.8. The molecule has 0 aromatic heterocycles. The molecule has 16 heavy (non-hydrogen) atoms. The Balaban J connectivity index is 4.12. The highest BCUT2D eigenvalue weighted by Crippen LogP contribution is 1.89. The van der Waals surface area contributed by atoms with E-state index in [-0.39, 0.29) is 37.1 Å². The van der Waals surface area contributed by atoms with Gasteiger partial charge in [0.15, 0.2) is 15.8 Å². The van der Waals surface area contributed by atoms with Crippen LogP contribution in [0.25, 0.3) is 0 Å². The van der Waals surface area contributed by atoms with Gasteiger partial charge in [0.05, 0.1) is 19.6 Å². The second-order valence-corrected chi connectivity index (χ2v) is 3.73. The Hall–Kier alpha value is -1.24. The van der Waals surface area contributed by atoms with Gasteiger partial charge in [0, 0.05) is 7.05 Å². The lowest BCUT2D eigenvalue weighted by molar-refractivity contribution is -0.136. The fraction of sp³-hybridized carbons (Fsp3) is 0.571. The third-order valence-electron chi connectivity index (χ3n) is 2.01.